The van der Waals surface area contributed by atoms with Gasteiger partial charge < -0.3 is 0 Å². The normalized spacial score (nSPS) is 19.0. The molecule has 3 rings (SSSR count). The van der Waals surface area contributed by atoms with E-state index in [-0.39, 0.29) is 5.41 Å². The largest absolute Gasteiger partial charge is 0.335 e. The van der Waals surface area contributed by atoms with Crippen molar-refractivity contribution in [3.63, 3.8) is 0 Å². The molecule has 0 amide bonds. The van der Waals surface area contributed by atoms with Crippen LogP contribution in [0.1, 0.15) is 24.0 Å². The third-order valence-electron chi connectivity index (χ3n) is 4.56. The Kier molecular flexibility index (Phi) is 4.04. The summed E-state index contributed by atoms with van der Waals surface area (Å²) in [5.41, 5.74) is 2.18. The van der Waals surface area contributed by atoms with E-state index in [1.807, 2.05) is 36.4 Å². The molecular formula is C17H19NO3S. The van der Waals surface area contributed by atoms with E-state index in [1.54, 1.807) is 0 Å². The number of piperidine rings is 1. The molecule has 5 heteroatoms. The molecule has 1 fully saturated rings. The van der Waals surface area contributed by atoms with Crippen molar-refractivity contribution in [3.05, 3.63) is 71.8 Å². The van der Waals surface area contributed by atoms with Crippen molar-refractivity contribution in [3.8, 4) is 0 Å². The highest BCUT2D eigenvalue weighted by atomic mass is 32.2. The van der Waals surface area contributed by atoms with Crippen LogP contribution >= 0.6 is 0 Å². The summed E-state index contributed by atoms with van der Waals surface area (Å²) in [6.07, 6.45) is 1.31. The Morgan fingerprint density at radius 1 is 0.818 bits per heavy atom. The maximum Gasteiger partial charge on any atom is 0.335 e. The molecule has 0 saturated carbocycles. The number of nitrogens with zero attached hydrogens (tertiary/aromatic N) is 1. The van der Waals surface area contributed by atoms with Crippen molar-refractivity contribution in [2.45, 2.75) is 18.3 Å². The van der Waals surface area contributed by atoms with Crippen molar-refractivity contribution in [2.24, 2.45) is 0 Å². The van der Waals surface area contributed by atoms with Gasteiger partial charge in [-0.1, -0.05) is 60.7 Å². The first-order valence-electron chi connectivity index (χ1n) is 7.36. The highest BCUT2D eigenvalue weighted by molar-refractivity contribution is 7.83. The SMILES string of the molecule is O=S(=O)(O)N1CCC(c2ccccc2)(c2ccccc2)CC1. The Morgan fingerprint density at radius 3 is 1.59 bits per heavy atom. The van der Waals surface area contributed by atoms with Crippen LogP contribution in [0.5, 0.6) is 0 Å². The van der Waals surface area contributed by atoms with E-state index < -0.39 is 10.3 Å². The Labute approximate surface area is 131 Å². The molecule has 4 nitrogen and oxygen atoms in total. The zero-order chi connectivity index (χ0) is 15.6. The van der Waals surface area contributed by atoms with E-state index in [2.05, 4.69) is 24.3 Å². The van der Waals surface area contributed by atoms with Gasteiger partial charge in [-0.25, -0.2) is 0 Å². The lowest BCUT2D eigenvalue weighted by atomic mass is 9.68. The van der Waals surface area contributed by atoms with Gasteiger partial charge in [-0.2, -0.15) is 12.7 Å². The molecule has 116 valence electrons. The maximum absolute atomic E-state index is 11.4. The summed E-state index contributed by atoms with van der Waals surface area (Å²) in [7, 11) is -4.11. The van der Waals surface area contributed by atoms with Gasteiger partial charge >= 0.3 is 10.3 Å². The minimum Gasteiger partial charge on any atom is -0.273 e. The van der Waals surface area contributed by atoms with E-state index in [1.165, 1.54) is 11.1 Å². The second-order valence-corrected chi connectivity index (χ2v) is 7.10. The van der Waals surface area contributed by atoms with Crippen LogP contribution < -0.4 is 0 Å². The molecule has 0 unspecified atom stereocenters. The fourth-order valence-electron chi connectivity index (χ4n) is 3.36. The molecule has 0 spiro atoms. The van der Waals surface area contributed by atoms with Gasteiger partial charge in [0, 0.05) is 18.5 Å². The zero-order valence-corrected chi connectivity index (χ0v) is 13.0. The molecule has 22 heavy (non-hydrogen) atoms. The fourth-order valence-corrected chi connectivity index (χ4v) is 4.00. The van der Waals surface area contributed by atoms with Crippen molar-refractivity contribution >= 4 is 10.3 Å². The third kappa shape index (κ3) is 2.79. The molecule has 1 saturated heterocycles. The first-order chi connectivity index (χ1) is 10.5. The molecule has 1 heterocycles. The van der Waals surface area contributed by atoms with Gasteiger partial charge in [0.25, 0.3) is 0 Å². The first kappa shape index (κ1) is 15.2. The molecule has 2 aromatic rings. The lowest BCUT2D eigenvalue weighted by Crippen LogP contribution is -2.45. The predicted octanol–water partition coefficient (Wildman–Crippen LogP) is 2.87. The minimum absolute atomic E-state index is 0.205. The standard InChI is InChI=1S/C17H19NO3S/c19-22(20,21)18-13-11-17(12-14-18,15-7-3-1-4-8-15)16-9-5-2-6-10-16/h1-10H,11-14H2,(H,19,20,21). The predicted molar refractivity (Wildman–Crippen MR) is 86.0 cm³/mol. The number of rotatable bonds is 3. The van der Waals surface area contributed by atoms with E-state index in [0.717, 1.165) is 4.31 Å². The monoisotopic (exact) mass is 317 g/mol. The van der Waals surface area contributed by atoms with E-state index in [9.17, 15) is 13.0 Å². The summed E-state index contributed by atoms with van der Waals surface area (Å²) in [6.45, 7) is 0.644. The number of hydrogen-bond acceptors (Lipinski definition) is 2. The second kappa shape index (κ2) is 5.83. The van der Waals surface area contributed by atoms with Gasteiger partial charge in [-0.3, -0.25) is 4.55 Å². The van der Waals surface area contributed by atoms with E-state index >= 15 is 0 Å². The van der Waals surface area contributed by atoms with Crippen LogP contribution in [0.25, 0.3) is 0 Å². The molecule has 0 aromatic heterocycles. The third-order valence-corrected chi connectivity index (χ3v) is 5.57. The number of benzene rings is 2. The highest BCUT2D eigenvalue weighted by Crippen LogP contribution is 2.41. The van der Waals surface area contributed by atoms with Gasteiger partial charge in [-0.15, -0.1) is 0 Å². The van der Waals surface area contributed by atoms with E-state index in [4.69, 9.17) is 0 Å². The van der Waals surface area contributed by atoms with Crippen LogP contribution in [0, 0.1) is 0 Å². The molecule has 0 aliphatic carbocycles. The van der Waals surface area contributed by atoms with Crippen molar-refractivity contribution in [1.29, 1.82) is 0 Å². The average Bonchev–Trinajstić information content (AvgIpc) is 2.56. The van der Waals surface area contributed by atoms with Gasteiger partial charge in [0.2, 0.25) is 0 Å². The lowest BCUT2D eigenvalue weighted by Gasteiger charge is -2.41. The first-order valence-corrected chi connectivity index (χ1v) is 8.76. The minimum atomic E-state index is -4.11. The van der Waals surface area contributed by atoms with Crippen molar-refractivity contribution < 1.29 is 13.0 Å². The summed E-state index contributed by atoms with van der Waals surface area (Å²) in [5, 5.41) is 0. The van der Waals surface area contributed by atoms with Crippen LogP contribution in [0.2, 0.25) is 0 Å². The van der Waals surface area contributed by atoms with Crippen LogP contribution in [-0.4, -0.2) is 30.4 Å². The Hall–Kier alpha value is -1.69. The summed E-state index contributed by atoms with van der Waals surface area (Å²) in [4.78, 5) is 0. The molecule has 0 atom stereocenters. The zero-order valence-electron chi connectivity index (χ0n) is 12.2. The van der Waals surface area contributed by atoms with Crippen molar-refractivity contribution in [1.82, 2.24) is 4.31 Å². The van der Waals surface area contributed by atoms with Crippen LogP contribution in [0.15, 0.2) is 60.7 Å². The summed E-state index contributed by atoms with van der Waals surface area (Å²) in [5.74, 6) is 0. The van der Waals surface area contributed by atoms with Gasteiger partial charge in [0.1, 0.15) is 0 Å². The van der Waals surface area contributed by atoms with Crippen LogP contribution in [0.4, 0.5) is 0 Å². The Bertz CT molecular complexity index is 680. The number of hydrogen-bond donors (Lipinski definition) is 1. The second-order valence-electron chi connectivity index (χ2n) is 5.69. The average molecular weight is 317 g/mol. The maximum atomic E-state index is 11.4. The van der Waals surface area contributed by atoms with Gasteiger partial charge in [0.05, 0.1) is 0 Å². The molecular weight excluding hydrogens is 298 g/mol. The molecule has 1 N–H and O–H groups in total. The van der Waals surface area contributed by atoms with Gasteiger partial charge in [-0.05, 0) is 24.0 Å². The lowest BCUT2D eigenvalue weighted by molar-refractivity contribution is 0.247. The van der Waals surface area contributed by atoms with Crippen LogP contribution in [0.3, 0.4) is 0 Å². The molecule has 0 bridgehead atoms. The Balaban J connectivity index is 2.01. The fraction of sp³-hybridized carbons (Fsp3) is 0.294. The summed E-state index contributed by atoms with van der Waals surface area (Å²) in [6, 6.07) is 20.4. The summed E-state index contributed by atoms with van der Waals surface area (Å²) >= 11 is 0. The topological polar surface area (TPSA) is 57.6 Å². The Morgan fingerprint density at radius 2 is 1.23 bits per heavy atom. The van der Waals surface area contributed by atoms with Gasteiger partial charge in [0.15, 0.2) is 0 Å². The summed E-state index contributed by atoms with van der Waals surface area (Å²) < 4.78 is 33.1. The quantitative estimate of drug-likeness (QED) is 0.886. The molecule has 0 radical (unpaired) electrons. The van der Waals surface area contributed by atoms with Crippen molar-refractivity contribution in [2.75, 3.05) is 13.1 Å². The molecule has 1 aliphatic rings. The molecule has 1 aliphatic heterocycles. The van der Waals surface area contributed by atoms with Crippen LogP contribution in [-0.2, 0) is 15.7 Å². The highest BCUT2D eigenvalue weighted by Gasteiger charge is 2.40. The smallest absolute Gasteiger partial charge is 0.273 e. The molecule has 2 aromatic carbocycles. The van der Waals surface area contributed by atoms with E-state index in [0.29, 0.717) is 25.9 Å².